The molecule has 0 aromatic heterocycles. The predicted molar refractivity (Wildman–Crippen MR) is 99.0 cm³/mol. The zero-order chi connectivity index (χ0) is 18.9. The summed E-state index contributed by atoms with van der Waals surface area (Å²) in [6, 6.07) is 13.9. The maximum atomic E-state index is 12.1. The molecule has 0 spiro atoms. The molecule has 0 aliphatic carbocycles. The van der Waals surface area contributed by atoms with Crippen LogP contribution in [0.2, 0.25) is 0 Å². The van der Waals surface area contributed by atoms with Gasteiger partial charge in [-0.15, -0.1) is 0 Å². The topological polar surface area (TPSA) is 76.7 Å². The van der Waals surface area contributed by atoms with Gasteiger partial charge in [-0.1, -0.05) is 24.8 Å². The van der Waals surface area contributed by atoms with E-state index in [1.54, 1.807) is 43.3 Å². The Morgan fingerprint density at radius 3 is 2.50 bits per heavy atom. The lowest BCUT2D eigenvalue weighted by Crippen LogP contribution is -2.47. The standard InChI is InChI=1S/C20H22N2O4/c1-4-12-25-17-10-8-16(9-11-17)20(24)22-21-19(23)15(3)26-18-7-5-6-14(2)13-18/h4-11,13,15H,1,12H2,2-3H3,(H,21,23)(H,22,24). The minimum atomic E-state index is -0.758. The largest absolute Gasteiger partial charge is 0.490 e. The Balaban J connectivity index is 1.83. The van der Waals surface area contributed by atoms with E-state index in [0.717, 1.165) is 5.56 Å². The fourth-order valence-electron chi connectivity index (χ4n) is 2.10. The molecule has 6 heteroatoms. The van der Waals surface area contributed by atoms with Crippen molar-refractivity contribution in [2.45, 2.75) is 20.0 Å². The van der Waals surface area contributed by atoms with Crippen LogP contribution in [0.25, 0.3) is 0 Å². The summed E-state index contributed by atoms with van der Waals surface area (Å²) >= 11 is 0. The van der Waals surface area contributed by atoms with Crippen LogP contribution in [0, 0.1) is 6.92 Å². The molecule has 0 aliphatic rings. The second-order valence-electron chi connectivity index (χ2n) is 5.64. The van der Waals surface area contributed by atoms with Gasteiger partial charge in [-0.3, -0.25) is 20.4 Å². The lowest BCUT2D eigenvalue weighted by molar-refractivity contribution is -0.128. The summed E-state index contributed by atoms with van der Waals surface area (Å²) in [5.41, 5.74) is 6.14. The molecule has 0 saturated heterocycles. The summed E-state index contributed by atoms with van der Waals surface area (Å²) < 4.78 is 10.9. The number of carbonyl (C=O) groups excluding carboxylic acids is 2. The first-order chi connectivity index (χ1) is 12.5. The van der Waals surface area contributed by atoms with Crippen LogP contribution in [0.3, 0.4) is 0 Å². The monoisotopic (exact) mass is 354 g/mol. The molecule has 0 fully saturated rings. The summed E-state index contributed by atoms with van der Waals surface area (Å²) in [4.78, 5) is 24.1. The number of nitrogens with one attached hydrogen (secondary N) is 2. The van der Waals surface area contributed by atoms with Gasteiger partial charge in [0.25, 0.3) is 11.8 Å². The van der Waals surface area contributed by atoms with Crippen LogP contribution in [-0.4, -0.2) is 24.5 Å². The normalized spacial score (nSPS) is 11.2. The molecule has 2 aromatic carbocycles. The molecule has 0 radical (unpaired) electrons. The van der Waals surface area contributed by atoms with Crippen LogP contribution in [0.15, 0.2) is 61.2 Å². The molecular weight excluding hydrogens is 332 g/mol. The first-order valence-corrected chi connectivity index (χ1v) is 8.17. The van der Waals surface area contributed by atoms with Gasteiger partial charge in [0, 0.05) is 5.56 Å². The fraction of sp³-hybridized carbons (Fsp3) is 0.200. The molecule has 136 valence electrons. The molecule has 2 N–H and O–H groups in total. The third-order valence-corrected chi connectivity index (χ3v) is 3.46. The van der Waals surface area contributed by atoms with E-state index in [1.165, 1.54) is 0 Å². The van der Waals surface area contributed by atoms with Crippen molar-refractivity contribution in [3.8, 4) is 11.5 Å². The van der Waals surface area contributed by atoms with Crippen molar-refractivity contribution in [1.29, 1.82) is 0 Å². The summed E-state index contributed by atoms with van der Waals surface area (Å²) in [7, 11) is 0. The minimum absolute atomic E-state index is 0.389. The van der Waals surface area contributed by atoms with Gasteiger partial charge >= 0.3 is 0 Å². The van der Waals surface area contributed by atoms with Gasteiger partial charge in [-0.2, -0.15) is 0 Å². The van der Waals surface area contributed by atoms with Crippen LogP contribution >= 0.6 is 0 Å². The van der Waals surface area contributed by atoms with Gasteiger partial charge in [0.1, 0.15) is 18.1 Å². The molecule has 2 aromatic rings. The Labute approximate surface area is 152 Å². The summed E-state index contributed by atoms with van der Waals surface area (Å²) in [5, 5.41) is 0. The van der Waals surface area contributed by atoms with Crippen LogP contribution in [0.5, 0.6) is 11.5 Å². The van der Waals surface area contributed by atoms with E-state index >= 15 is 0 Å². The highest BCUT2D eigenvalue weighted by molar-refractivity contribution is 5.95. The smallest absolute Gasteiger partial charge is 0.279 e. The van der Waals surface area contributed by atoms with E-state index in [1.807, 2.05) is 25.1 Å². The summed E-state index contributed by atoms with van der Waals surface area (Å²) in [6.07, 6.45) is 0.877. The van der Waals surface area contributed by atoms with Crippen molar-refractivity contribution in [2.75, 3.05) is 6.61 Å². The van der Waals surface area contributed by atoms with E-state index < -0.39 is 17.9 Å². The number of aryl methyl sites for hydroxylation is 1. The molecular formula is C20H22N2O4. The van der Waals surface area contributed by atoms with Crippen LogP contribution < -0.4 is 20.3 Å². The van der Waals surface area contributed by atoms with E-state index in [9.17, 15) is 9.59 Å². The quantitative estimate of drug-likeness (QED) is 0.592. The van der Waals surface area contributed by atoms with Gasteiger partial charge in [-0.05, 0) is 55.8 Å². The van der Waals surface area contributed by atoms with E-state index in [4.69, 9.17) is 9.47 Å². The number of hydrazine groups is 1. The molecule has 6 nitrogen and oxygen atoms in total. The average Bonchev–Trinajstić information content (AvgIpc) is 2.64. The Morgan fingerprint density at radius 2 is 1.85 bits per heavy atom. The SMILES string of the molecule is C=CCOc1ccc(C(=O)NNC(=O)C(C)Oc2cccc(C)c2)cc1. The number of hydrogen-bond acceptors (Lipinski definition) is 4. The highest BCUT2D eigenvalue weighted by Crippen LogP contribution is 2.14. The zero-order valence-electron chi connectivity index (χ0n) is 14.8. The maximum Gasteiger partial charge on any atom is 0.279 e. The van der Waals surface area contributed by atoms with Crippen molar-refractivity contribution >= 4 is 11.8 Å². The lowest BCUT2D eigenvalue weighted by Gasteiger charge is -2.15. The Morgan fingerprint density at radius 1 is 1.12 bits per heavy atom. The van der Waals surface area contributed by atoms with Crippen LogP contribution in [0.4, 0.5) is 0 Å². The van der Waals surface area contributed by atoms with Gasteiger partial charge in [0.2, 0.25) is 0 Å². The maximum absolute atomic E-state index is 12.1. The van der Waals surface area contributed by atoms with Gasteiger partial charge in [0.05, 0.1) is 0 Å². The first kappa shape index (κ1) is 19.1. The third-order valence-electron chi connectivity index (χ3n) is 3.46. The van der Waals surface area contributed by atoms with Crippen molar-refractivity contribution in [3.63, 3.8) is 0 Å². The van der Waals surface area contributed by atoms with E-state index in [2.05, 4.69) is 17.4 Å². The molecule has 1 atom stereocenters. The number of hydrogen-bond donors (Lipinski definition) is 2. The summed E-state index contributed by atoms with van der Waals surface area (Å²) in [5.74, 6) is 0.335. The molecule has 26 heavy (non-hydrogen) atoms. The second-order valence-corrected chi connectivity index (χ2v) is 5.64. The van der Waals surface area contributed by atoms with Gasteiger partial charge in [0.15, 0.2) is 6.10 Å². The Kier molecular flexibility index (Phi) is 6.79. The molecule has 0 bridgehead atoms. The fourth-order valence-corrected chi connectivity index (χ4v) is 2.10. The lowest BCUT2D eigenvalue weighted by atomic mass is 10.2. The molecule has 2 amide bonds. The Hall–Kier alpha value is -3.28. The number of carbonyl (C=O) groups is 2. The highest BCUT2D eigenvalue weighted by Gasteiger charge is 2.16. The molecule has 0 aliphatic heterocycles. The number of benzene rings is 2. The third kappa shape index (κ3) is 5.66. The second kappa shape index (κ2) is 9.27. The number of rotatable bonds is 7. The van der Waals surface area contributed by atoms with E-state index in [-0.39, 0.29) is 0 Å². The predicted octanol–water partition coefficient (Wildman–Crippen LogP) is 2.79. The molecule has 2 rings (SSSR count). The number of ether oxygens (including phenoxy) is 2. The van der Waals surface area contributed by atoms with Crippen molar-refractivity contribution in [3.05, 3.63) is 72.3 Å². The minimum Gasteiger partial charge on any atom is -0.490 e. The zero-order valence-corrected chi connectivity index (χ0v) is 14.8. The van der Waals surface area contributed by atoms with Crippen LogP contribution in [0.1, 0.15) is 22.8 Å². The Bertz CT molecular complexity index is 772. The van der Waals surface area contributed by atoms with Crippen molar-refractivity contribution in [1.82, 2.24) is 10.9 Å². The van der Waals surface area contributed by atoms with Crippen LogP contribution in [-0.2, 0) is 4.79 Å². The van der Waals surface area contributed by atoms with Gasteiger partial charge < -0.3 is 9.47 Å². The molecule has 0 heterocycles. The molecule has 0 saturated carbocycles. The first-order valence-electron chi connectivity index (χ1n) is 8.17. The van der Waals surface area contributed by atoms with Crippen molar-refractivity contribution in [2.24, 2.45) is 0 Å². The average molecular weight is 354 g/mol. The highest BCUT2D eigenvalue weighted by atomic mass is 16.5. The number of amides is 2. The van der Waals surface area contributed by atoms with Crippen molar-refractivity contribution < 1.29 is 19.1 Å². The summed E-state index contributed by atoms with van der Waals surface area (Å²) in [6.45, 7) is 7.50. The molecule has 1 unspecified atom stereocenters. The van der Waals surface area contributed by atoms with Gasteiger partial charge in [-0.25, -0.2) is 0 Å². The van der Waals surface area contributed by atoms with E-state index in [0.29, 0.717) is 23.7 Å².